The highest BCUT2D eigenvalue weighted by atomic mass is 19.1. The van der Waals surface area contributed by atoms with Crippen molar-refractivity contribution in [1.82, 2.24) is 0 Å². The number of hydrogen-bond acceptors (Lipinski definition) is 3. The van der Waals surface area contributed by atoms with Crippen molar-refractivity contribution in [2.45, 2.75) is 58.4 Å². The second kappa shape index (κ2) is 6.26. The average molecular weight is 266 g/mol. The van der Waals surface area contributed by atoms with Crippen molar-refractivity contribution >= 4 is 0 Å². The molecule has 8 unspecified atom stereocenters. The van der Waals surface area contributed by atoms with Crippen molar-refractivity contribution in [1.29, 1.82) is 0 Å². The third-order valence-corrected chi connectivity index (χ3v) is 4.15. The summed E-state index contributed by atoms with van der Waals surface area (Å²) in [5.41, 5.74) is 0. The van der Waals surface area contributed by atoms with Crippen LogP contribution >= 0.6 is 0 Å². The van der Waals surface area contributed by atoms with Gasteiger partial charge in [-0.25, -0.2) is 8.78 Å². The Morgan fingerprint density at radius 1 is 1.00 bits per heavy atom. The highest BCUT2D eigenvalue weighted by molar-refractivity contribution is 4.91. The predicted molar refractivity (Wildman–Crippen MR) is 64.7 cm³/mol. The second-order valence-electron chi connectivity index (χ2n) is 5.55. The molecule has 1 saturated heterocycles. The molecule has 0 aromatic heterocycles. The Labute approximate surface area is 107 Å². The van der Waals surface area contributed by atoms with E-state index < -0.39 is 36.6 Å². The van der Waals surface area contributed by atoms with Crippen LogP contribution in [0.4, 0.5) is 8.78 Å². The topological polar surface area (TPSA) is 49.7 Å². The Balaban J connectivity index is 2.71. The fourth-order valence-corrected chi connectivity index (χ4v) is 2.61. The van der Waals surface area contributed by atoms with Crippen LogP contribution < -0.4 is 0 Å². The van der Waals surface area contributed by atoms with E-state index in [1.54, 1.807) is 6.92 Å². The van der Waals surface area contributed by atoms with Crippen molar-refractivity contribution in [2.75, 3.05) is 6.61 Å². The molecule has 0 bridgehead atoms. The Kier molecular flexibility index (Phi) is 5.49. The summed E-state index contributed by atoms with van der Waals surface area (Å²) in [5, 5.41) is 18.6. The fraction of sp³-hybridized carbons (Fsp3) is 1.00. The quantitative estimate of drug-likeness (QED) is 0.814. The number of hydrogen-bond donors (Lipinski definition) is 2. The summed E-state index contributed by atoms with van der Waals surface area (Å²) in [6.07, 6.45) is -5.69. The highest BCUT2D eigenvalue weighted by Crippen LogP contribution is 2.37. The van der Waals surface area contributed by atoms with Crippen LogP contribution in [0.5, 0.6) is 0 Å². The molecule has 2 N–H and O–H groups in total. The van der Waals surface area contributed by atoms with Crippen molar-refractivity contribution in [3.63, 3.8) is 0 Å². The molecule has 0 radical (unpaired) electrons. The van der Waals surface area contributed by atoms with E-state index in [1.807, 2.05) is 6.92 Å². The monoisotopic (exact) mass is 266 g/mol. The molecule has 1 rings (SSSR count). The first-order chi connectivity index (χ1) is 8.27. The van der Waals surface area contributed by atoms with Crippen LogP contribution in [0.3, 0.4) is 0 Å². The lowest BCUT2D eigenvalue weighted by molar-refractivity contribution is -0.152. The van der Waals surface area contributed by atoms with Gasteiger partial charge in [-0.1, -0.05) is 13.8 Å². The van der Waals surface area contributed by atoms with Crippen LogP contribution in [-0.4, -0.2) is 47.5 Å². The molecule has 1 aliphatic rings. The molecule has 8 atom stereocenters. The number of aliphatic hydroxyl groups is 2. The van der Waals surface area contributed by atoms with Crippen molar-refractivity contribution < 1.29 is 23.7 Å². The summed E-state index contributed by atoms with van der Waals surface area (Å²) >= 11 is 0. The van der Waals surface area contributed by atoms with Gasteiger partial charge in [-0.15, -0.1) is 0 Å². The Hall–Kier alpha value is -0.260. The molecule has 0 aromatic rings. The van der Waals surface area contributed by atoms with Crippen LogP contribution in [0.15, 0.2) is 0 Å². The van der Waals surface area contributed by atoms with E-state index in [1.165, 1.54) is 13.8 Å². The smallest absolute Gasteiger partial charge is 0.152 e. The third kappa shape index (κ3) is 3.19. The average Bonchev–Trinajstić information content (AvgIpc) is 2.30. The van der Waals surface area contributed by atoms with Crippen LogP contribution in [-0.2, 0) is 4.74 Å². The summed E-state index contributed by atoms with van der Waals surface area (Å²) < 4.78 is 33.0. The highest BCUT2D eigenvalue weighted by Gasteiger charge is 2.44. The lowest BCUT2D eigenvalue weighted by Crippen LogP contribution is -2.51. The first-order valence-corrected chi connectivity index (χ1v) is 6.53. The normalized spacial score (nSPS) is 40.0. The summed E-state index contributed by atoms with van der Waals surface area (Å²) in [5.74, 6) is -0.742. The fourth-order valence-electron chi connectivity index (χ4n) is 2.61. The van der Waals surface area contributed by atoms with Crippen LogP contribution in [0.2, 0.25) is 0 Å². The van der Waals surface area contributed by atoms with E-state index in [0.29, 0.717) is 0 Å². The zero-order valence-electron chi connectivity index (χ0n) is 11.4. The lowest BCUT2D eigenvalue weighted by Gasteiger charge is -2.43. The van der Waals surface area contributed by atoms with Gasteiger partial charge in [0.15, 0.2) is 6.17 Å². The Morgan fingerprint density at radius 3 is 1.94 bits per heavy atom. The molecule has 1 fully saturated rings. The van der Waals surface area contributed by atoms with E-state index in [-0.39, 0.29) is 18.4 Å². The molecule has 0 aliphatic carbocycles. The van der Waals surface area contributed by atoms with Gasteiger partial charge >= 0.3 is 0 Å². The SMILES string of the molecule is CC(O)C(F)C1COC(C(F)C(C)O)C(C)C1C. The Morgan fingerprint density at radius 2 is 1.50 bits per heavy atom. The van der Waals surface area contributed by atoms with Crippen LogP contribution in [0, 0.1) is 17.8 Å². The van der Waals surface area contributed by atoms with E-state index >= 15 is 0 Å². The first kappa shape index (κ1) is 15.8. The number of ether oxygens (including phenoxy) is 1. The van der Waals surface area contributed by atoms with Gasteiger partial charge in [0.25, 0.3) is 0 Å². The van der Waals surface area contributed by atoms with Gasteiger partial charge in [0.05, 0.1) is 24.9 Å². The molecule has 1 aliphatic heterocycles. The number of rotatable bonds is 4. The second-order valence-corrected chi connectivity index (χ2v) is 5.55. The summed E-state index contributed by atoms with van der Waals surface area (Å²) in [4.78, 5) is 0. The molecular weight excluding hydrogens is 242 g/mol. The predicted octanol–water partition coefficient (Wildman–Crippen LogP) is 1.71. The minimum absolute atomic E-state index is 0.0788. The zero-order chi connectivity index (χ0) is 14.0. The van der Waals surface area contributed by atoms with E-state index in [0.717, 1.165) is 0 Å². The summed E-state index contributed by atoms with van der Waals surface area (Å²) in [6.45, 7) is 6.50. The maximum absolute atomic E-state index is 13.8. The van der Waals surface area contributed by atoms with Crippen LogP contribution in [0.1, 0.15) is 27.7 Å². The van der Waals surface area contributed by atoms with Gasteiger partial charge in [0.1, 0.15) is 6.17 Å². The number of halogens is 2. The molecule has 0 amide bonds. The minimum atomic E-state index is -1.46. The molecule has 0 saturated carbocycles. The molecule has 0 aromatic carbocycles. The minimum Gasteiger partial charge on any atom is -0.390 e. The molecule has 108 valence electrons. The van der Waals surface area contributed by atoms with E-state index in [9.17, 15) is 19.0 Å². The first-order valence-electron chi connectivity index (χ1n) is 6.53. The lowest BCUT2D eigenvalue weighted by atomic mass is 9.74. The molecule has 5 heteroatoms. The standard InChI is InChI=1S/C13H24F2O3/c1-6-7(2)13(12(15)9(4)17)18-5-10(6)11(14)8(3)16/h6-13,16-17H,5H2,1-4H3. The number of alkyl halides is 2. The van der Waals surface area contributed by atoms with Gasteiger partial charge in [0, 0.05) is 5.92 Å². The molecule has 18 heavy (non-hydrogen) atoms. The van der Waals surface area contributed by atoms with Crippen molar-refractivity contribution in [2.24, 2.45) is 17.8 Å². The van der Waals surface area contributed by atoms with Gasteiger partial charge in [0.2, 0.25) is 0 Å². The molecule has 1 heterocycles. The van der Waals surface area contributed by atoms with Crippen molar-refractivity contribution in [3.8, 4) is 0 Å². The maximum Gasteiger partial charge on any atom is 0.152 e. The van der Waals surface area contributed by atoms with Gasteiger partial charge in [-0.3, -0.25) is 0 Å². The maximum atomic E-state index is 13.8. The summed E-state index contributed by atoms with van der Waals surface area (Å²) in [6, 6.07) is 0. The third-order valence-electron chi connectivity index (χ3n) is 4.15. The van der Waals surface area contributed by atoms with Gasteiger partial charge in [-0.2, -0.15) is 0 Å². The molecule has 0 spiro atoms. The van der Waals surface area contributed by atoms with E-state index in [4.69, 9.17) is 4.74 Å². The number of aliphatic hydroxyl groups excluding tert-OH is 2. The zero-order valence-corrected chi connectivity index (χ0v) is 11.4. The van der Waals surface area contributed by atoms with E-state index in [2.05, 4.69) is 0 Å². The largest absolute Gasteiger partial charge is 0.390 e. The van der Waals surface area contributed by atoms with Gasteiger partial charge < -0.3 is 14.9 Å². The van der Waals surface area contributed by atoms with Crippen molar-refractivity contribution in [3.05, 3.63) is 0 Å². The van der Waals surface area contributed by atoms with Crippen LogP contribution in [0.25, 0.3) is 0 Å². The molecular formula is C13H24F2O3. The van der Waals surface area contributed by atoms with Gasteiger partial charge in [-0.05, 0) is 25.7 Å². The Bertz CT molecular complexity index is 235. The molecule has 3 nitrogen and oxygen atoms in total. The summed E-state index contributed by atoms with van der Waals surface area (Å²) in [7, 11) is 0.